The molecule has 0 spiro atoms. The van der Waals surface area contributed by atoms with Gasteiger partial charge in [-0.3, -0.25) is 4.79 Å². The van der Waals surface area contributed by atoms with Crippen molar-refractivity contribution in [3.8, 4) is 0 Å². The summed E-state index contributed by atoms with van der Waals surface area (Å²) >= 11 is 1.95. The van der Waals surface area contributed by atoms with E-state index in [1.54, 1.807) is 0 Å². The van der Waals surface area contributed by atoms with Crippen LogP contribution in [0.4, 0.5) is 0 Å². The van der Waals surface area contributed by atoms with E-state index in [4.69, 9.17) is 5.73 Å². The molecule has 17 heavy (non-hydrogen) atoms. The topological polar surface area (TPSA) is 46.3 Å². The van der Waals surface area contributed by atoms with Crippen LogP contribution in [0.2, 0.25) is 0 Å². The molecule has 1 saturated carbocycles. The molecular formula is C12H23ClN2OS. The first-order chi connectivity index (χ1) is 7.74. The number of carbonyl (C=O) groups is 1. The summed E-state index contributed by atoms with van der Waals surface area (Å²) < 4.78 is 0. The first kappa shape index (κ1) is 15.1. The summed E-state index contributed by atoms with van der Waals surface area (Å²) in [6.07, 6.45) is 3.37. The van der Waals surface area contributed by atoms with E-state index < -0.39 is 0 Å². The van der Waals surface area contributed by atoms with Crippen LogP contribution < -0.4 is 5.73 Å². The van der Waals surface area contributed by atoms with Crippen LogP contribution in [0.5, 0.6) is 0 Å². The van der Waals surface area contributed by atoms with Crippen LogP contribution >= 0.6 is 24.2 Å². The number of thioether (sulfide) groups is 1. The predicted molar refractivity (Wildman–Crippen MR) is 75.6 cm³/mol. The number of nitrogens with two attached hydrogens (primary N) is 1. The predicted octanol–water partition coefficient (Wildman–Crippen LogP) is 1.75. The lowest BCUT2D eigenvalue weighted by molar-refractivity contribution is -0.138. The summed E-state index contributed by atoms with van der Waals surface area (Å²) in [6.45, 7) is 3.77. The van der Waals surface area contributed by atoms with Crippen molar-refractivity contribution in [2.45, 2.75) is 32.2 Å². The van der Waals surface area contributed by atoms with E-state index in [9.17, 15) is 4.79 Å². The second-order valence-corrected chi connectivity index (χ2v) is 6.14. The Labute approximate surface area is 114 Å². The fourth-order valence-corrected chi connectivity index (χ4v) is 3.93. The molecule has 100 valence electrons. The number of halogens is 1. The lowest BCUT2D eigenvalue weighted by Gasteiger charge is -2.36. The van der Waals surface area contributed by atoms with Crippen LogP contribution in [-0.4, -0.2) is 41.4 Å². The van der Waals surface area contributed by atoms with Crippen molar-refractivity contribution in [2.75, 3.05) is 24.6 Å². The van der Waals surface area contributed by atoms with Crippen molar-refractivity contribution in [2.24, 2.45) is 17.6 Å². The van der Waals surface area contributed by atoms with Gasteiger partial charge in [-0.15, -0.1) is 12.4 Å². The van der Waals surface area contributed by atoms with Crippen molar-refractivity contribution in [3.05, 3.63) is 0 Å². The lowest BCUT2D eigenvalue weighted by atomic mass is 9.94. The van der Waals surface area contributed by atoms with E-state index >= 15 is 0 Å². The van der Waals surface area contributed by atoms with Gasteiger partial charge in [0, 0.05) is 30.0 Å². The first-order valence-corrected chi connectivity index (χ1v) is 7.47. The molecular weight excluding hydrogens is 256 g/mol. The molecule has 1 heterocycles. The Balaban J connectivity index is 0.00000144. The molecule has 0 aromatic rings. The number of amides is 1. The van der Waals surface area contributed by atoms with Gasteiger partial charge in [0.25, 0.3) is 0 Å². The normalized spacial score (nSPS) is 33.3. The molecule has 2 rings (SSSR count). The number of nitrogens with zero attached hydrogens (tertiary/aromatic N) is 1. The quantitative estimate of drug-likeness (QED) is 0.837. The van der Waals surface area contributed by atoms with Gasteiger partial charge in [-0.05, 0) is 32.2 Å². The minimum atomic E-state index is 0. The first-order valence-electron chi connectivity index (χ1n) is 6.32. The minimum absolute atomic E-state index is 0. The lowest BCUT2D eigenvalue weighted by Crippen LogP contribution is -2.48. The van der Waals surface area contributed by atoms with Crippen LogP contribution in [0.3, 0.4) is 0 Å². The van der Waals surface area contributed by atoms with Gasteiger partial charge in [0.15, 0.2) is 0 Å². The second kappa shape index (κ2) is 6.86. The molecule has 1 aliphatic carbocycles. The summed E-state index contributed by atoms with van der Waals surface area (Å²) in [5.41, 5.74) is 5.75. The Morgan fingerprint density at radius 2 is 2.24 bits per heavy atom. The number of hydrogen-bond donors (Lipinski definition) is 1. The molecule has 1 aliphatic heterocycles. The highest BCUT2D eigenvalue weighted by molar-refractivity contribution is 7.99. The maximum atomic E-state index is 12.4. The third-order valence-corrected chi connectivity index (χ3v) is 5.12. The summed E-state index contributed by atoms with van der Waals surface area (Å²) in [4.78, 5) is 14.5. The summed E-state index contributed by atoms with van der Waals surface area (Å²) in [5.74, 6) is 3.22. The smallest absolute Gasteiger partial charge is 0.226 e. The fraction of sp³-hybridized carbons (Fsp3) is 0.917. The van der Waals surface area contributed by atoms with Crippen molar-refractivity contribution in [1.82, 2.24) is 4.90 Å². The van der Waals surface area contributed by atoms with Gasteiger partial charge in [-0.1, -0.05) is 6.42 Å². The zero-order valence-electron chi connectivity index (χ0n) is 10.4. The third kappa shape index (κ3) is 3.30. The standard InChI is InChI=1S/C12H22N2OS.ClH/c1-9-8-16-6-5-14(9)12(15)11-4-2-3-10(11)7-13;/h9-11H,2-8,13H2,1H3;1H/t9?,10-,11-;/m1./s1. The average molecular weight is 279 g/mol. The van der Waals surface area contributed by atoms with E-state index in [0.29, 0.717) is 24.4 Å². The van der Waals surface area contributed by atoms with E-state index in [-0.39, 0.29) is 18.3 Å². The molecule has 2 aliphatic rings. The van der Waals surface area contributed by atoms with Gasteiger partial charge in [0.1, 0.15) is 0 Å². The van der Waals surface area contributed by atoms with Gasteiger partial charge in [0.2, 0.25) is 5.91 Å². The van der Waals surface area contributed by atoms with Crippen LogP contribution in [0.25, 0.3) is 0 Å². The van der Waals surface area contributed by atoms with Crippen LogP contribution in [0.1, 0.15) is 26.2 Å². The maximum Gasteiger partial charge on any atom is 0.226 e. The Morgan fingerprint density at radius 1 is 1.47 bits per heavy atom. The molecule has 2 N–H and O–H groups in total. The number of carbonyl (C=O) groups excluding carboxylic acids is 1. The van der Waals surface area contributed by atoms with Gasteiger partial charge in [-0.2, -0.15) is 11.8 Å². The number of rotatable bonds is 2. The number of hydrogen-bond acceptors (Lipinski definition) is 3. The molecule has 0 aromatic carbocycles. The molecule has 1 unspecified atom stereocenters. The van der Waals surface area contributed by atoms with Crippen molar-refractivity contribution >= 4 is 30.1 Å². The van der Waals surface area contributed by atoms with Crippen molar-refractivity contribution in [1.29, 1.82) is 0 Å². The summed E-state index contributed by atoms with van der Waals surface area (Å²) in [6, 6.07) is 0.408. The zero-order valence-corrected chi connectivity index (χ0v) is 12.1. The fourth-order valence-electron chi connectivity index (χ4n) is 2.91. The Bertz CT molecular complexity index is 261. The SMILES string of the molecule is CC1CSCCN1C(=O)[C@@H]1CCC[C@@H]1CN.Cl. The maximum absolute atomic E-state index is 12.4. The molecule has 0 radical (unpaired) electrons. The molecule has 3 atom stereocenters. The van der Waals surface area contributed by atoms with Gasteiger partial charge in [0.05, 0.1) is 0 Å². The van der Waals surface area contributed by atoms with Crippen LogP contribution in [0.15, 0.2) is 0 Å². The molecule has 2 fully saturated rings. The van der Waals surface area contributed by atoms with Crippen molar-refractivity contribution in [3.63, 3.8) is 0 Å². The third-order valence-electron chi connectivity index (χ3n) is 3.93. The summed E-state index contributed by atoms with van der Waals surface area (Å²) in [5, 5.41) is 0. The van der Waals surface area contributed by atoms with Crippen LogP contribution in [0, 0.1) is 11.8 Å². The van der Waals surface area contributed by atoms with Crippen molar-refractivity contribution < 1.29 is 4.79 Å². The largest absolute Gasteiger partial charge is 0.338 e. The monoisotopic (exact) mass is 278 g/mol. The molecule has 0 aromatic heterocycles. The van der Waals surface area contributed by atoms with E-state index in [0.717, 1.165) is 30.9 Å². The summed E-state index contributed by atoms with van der Waals surface area (Å²) in [7, 11) is 0. The Hall–Kier alpha value is 0.0700. The Morgan fingerprint density at radius 3 is 2.88 bits per heavy atom. The van der Waals surface area contributed by atoms with E-state index in [1.807, 2.05) is 11.8 Å². The molecule has 1 saturated heterocycles. The molecule has 1 amide bonds. The van der Waals surface area contributed by atoms with Crippen LogP contribution in [-0.2, 0) is 4.79 Å². The van der Waals surface area contributed by atoms with E-state index in [2.05, 4.69) is 11.8 Å². The molecule has 3 nitrogen and oxygen atoms in total. The minimum Gasteiger partial charge on any atom is -0.338 e. The highest BCUT2D eigenvalue weighted by Gasteiger charge is 2.36. The molecule has 5 heteroatoms. The highest BCUT2D eigenvalue weighted by atomic mass is 35.5. The van der Waals surface area contributed by atoms with Gasteiger partial charge in [-0.25, -0.2) is 0 Å². The zero-order chi connectivity index (χ0) is 11.5. The Kier molecular flexibility index (Phi) is 6.10. The van der Waals surface area contributed by atoms with Gasteiger partial charge < -0.3 is 10.6 Å². The average Bonchev–Trinajstić information content (AvgIpc) is 2.77. The highest BCUT2D eigenvalue weighted by Crippen LogP contribution is 2.33. The molecule has 0 bridgehead atoms. The second-order valence-electron chi connectivity index (χ2n) is 4.99. The van der Waals surface area contributed by atoms with E-state index in [1.165, 1.54) is 6.42 Å². The van der Waals surface area contributed by atoms with Gasteiger partial charge >= 0.3 is 0 Å².